The minimum Gasteiger partial charge on any atom is -0.506 e. The van der Waals surface area contributed by atoms with E-state index in [0.29, 0.717) is 19.5 Å². The third-order valence-electron chi connectivity index (χ3n) is 4.86. The van der Waals surface area contributed by atoms with E-state index in [2.05, 4.69) is 0 Å². The highest BCUT2D eigenvalue weighted by molar-refractivity contribution is 7.15. The number of esters is 2. The molecule has 0 bridgehead atoms. The van der Waals surface area contributed by atoms with Gasteiger partial charge in [-0.2, -0.15) is 0 Å². The van der Waals surface area contributed by atoms with Crippen LogP contribution in [0.3, 0.4) is 0 Å². The molecule has 160 valence electrons. The first-order valence-electron chi connectivity index (χ1n) is 9.00. The zero-order valence-electron chi connectivity index (χ0n) is 17.4. The van der Waals surface area contributed by atoms with Crippen LogP contribution in [0.1, 0.15) is 61.5 Å². The SMILES string of the molecule is COC(=O)c1c(C)sc(C(c2cc(C)sc2C)c2sc(C)c(C(=O)OC)c2O)c1O. The second-order valence-corrected chi connectivity index (χ2v) is 10.8. The summed E-state index contributed by atoms with van der Waals surface area (Å²) in [6, 6.07) is 2.00. The maximum absolute atomic E-state index is 12.2. The largest absolute Gasteiger partial charge is 0.506 e. The fourth-order valence-corrected chi connectivity index (χ4v) is 6.91. The van der Waals surface area contributed by atoms with Gasteiger partial charge in [-0.3, -0.25) is 0 Å². The van der Waals surface area contributed by atoms with Crippen LogP contribution in [-0.2, 0) is 9.47 Å². The van der Waals surface area contributed by atoms with Crippen molar-refractivity contribution in [1.29, 1.82) is 0 Å². The zero-order chi connectivity index (χ0) is 22.3. The van der Waals surface area contributed by atoms with E-state index >= 15 is 0 Å². The molecule has 6 nitrogen and oxygen atoms in total. The molecule has 9 heteroatoms. The third kappa shape index (κ3) is 3.61. The van der Waals surface area contributed by atoms with Crippen molar-refractivity contribution >= 4 is 45.9 Å². The van der Waals surface area contributed by atoms with Gasteiger partial charge in [0.25, 0.3) is 0 Å². The molecular formula is C21H22O6S3. The number of aryl methyl sites for hydroxylation is 4. The normalized spacial score (nSPS) is 11.2. The molecular weight excluding hydrogens is 444 g/mol. The fourth-order valence-electron chi connectivity index (χ4n) is 3.52. The van der Waals surface area contributed by atoms with Gasteiger partial charge in [0.05, 0.1) is 29.9 Å². The summed E-state index contributed by atoms with van der Waals surface area (Å²) in [7, 11) is 2.53. The second-order valence-electron chi connectivity index (χ2n) is 6.78. The van der Waals surface area contributed by atoms with E-state index in [0.717, 1.165) is 15.3 Å². The van der Waals surface area contributed by atoms with E-state index in [1.165, 1.54) is 36.9 Å². The van der Waals surface area contributed by atoms with Crippen molar-refractivity contribution < 1.29 is 29.3 Å². The maximum atomic E-state index is 12.2. The summed E-state index contributed by atoms with van der Waals surface area (Å²) in [6.07, 6.45) is 0. The van der Waals surface area contributed by atoms with Crippen LogP contribution < -0.4 is 0 Å². The zero-order valence-corrected chi connectivity index (χ0v) is 19.9. The van der Waals surface area contributed by atoms with Gasteiger partial charge in [0.2, 0.25) is 0 Å². The standard InChI is InChI=1S/C21H22O6S3/c1-8-7-12(9(2)28-8)15(18-16(22)13(10(3)29-18)20(24)26-5)19-17(23)14(11(4)30-19)21(25)27-6/h7,15,22-23H,1-6H3. The lowest BCUT2D eigenvalue weighted by atomic mass is 9.93. The smallest absolute Gasteiger partial charge is 0.342 e. The number of thiophene rings is 3. The number of rotatable bonds is 5. The number of aromatic hydroxyl groups is 2. The highest BCUT2D eigenvalue weighted by Gasteiger charge is 2.35. The van der Waals surface area contributed by atoms with Crippen LogP contribution in [0, 0.1) is 27.7 Å². The molecule has 0 atom stereocenters. The van der Waals surface area contributed by atoms with Gasteiger partial charge in [0.15, 0.2) is 0 Å². The Morgan fingerprint density at radius 3 is 1.57 bits per heavy atom. The van der Waals surface area contributed by atoms with Crippen LogP contribution in [0.15, 0.2) is 6.07 Å². The Morgan fingerprint density at radius 2 is 1.23 bits per heavy atom. The molecule has 3 rings (SSSR count). The van der Waals surface area contributed by atoms with Gasteiger partial charge >= 0.3 is 11.9 Å². The summed E-state index contributed by atoms with van der Waals surface area (Å²) >= 11 is 4.15. The lowest BCUT2D eigenvalue weighted by Crippen LogP contribution is -2.04. The average Bonchev–Trinajstić information content (AvgIpc) is 3.28. The molecule has 0 radical (unpaired) electrons. The van der Waals surface area contributed by atoms with Crippen LogP contribution in [0.4, 0.5) is 0 Å². The molecule has 0 saturated heterocycles. The number of hydrogen-bond acceptors (Lipinski definition) is 9. The van der Waals surface area contributed by atoms with Crippen molar-refractivity contribution in [3.63, 3.8) is 0 Å². The Hall–Kier alpha value is -2.36. The van der Waals surface area contributed by atoms with Crippen molar-refractivity contribution in [2.75, 3.05) is 14.2 Å². The van der Waals surface area contributed by atoms with E-state index in [-0.39, 0.29) is 22.6 Å². The quantitative estimate of drug-likeness (QED) is 0.498. The van der Waals surface area contributed by atoms with E-state index < -0.39 is 17.9 Å². The third-order valence-corrected chi connectivity index (χ3v) is 8.16. The highest BCUT2D eigenvalue weighted by Crippen LogP contribution is 2.52. The Morgan fingerprint density at radius 1 is 0.800 bits per heavy atom. The predicted molar refractivity (Wildman–Crippen MR) is 119 cm³/mol. The Kier molecular flexibility index (Phi) is 6.26. The van der Waals surface area contributed by atoms with Crippen LogP contribution in [-0.4, -0.2) is 36.4 Å². The number of ether oxygens (including phenoxy) is 2. The molecule has 0 amide bonds. The Balaban J connectivity index is 2.32. The van der Waals surface area contributed by atoms with Gasteiger partial charge in [0.1, 0.15) is 22.6 Å². The summed E-state index contributed by atoms with van der Waals surface area (Å²) < 4.78 is 9.65. The first kappa shape index (κ1) is 22.3. The van der Waals surface area contributed by atoms with Crippen molar-refractivity contribution in [3.8, 4) is 11.5 Å². The van der Waals surface area contributed by atoms with Crippen LogP contribution in [0.25, 0.3) is 0 Å². The molecule has 0 fully saturated rings. The lowest BCUT2D eigenvalue weighted by molar-refractivity contribution is 0.0588. The molecule has 3 aromatic rings. The topological polar surface area (TPSA) is 93.1 Å². The predicted octanol–water partition coefficient (Wildman–Crippen LogP) is 5.27. The van der Waals surface area contributed by atoms with Crippen LogP contribution in [0.2, 0.25) is 0 Å². The van der Waals surface area contributed by atoms with Crippen molar-refractivity contribution in [3.05, 3.63) is 52.0 Å². The maximum Gasteiger partial charge on any atom is 0.342 e. The monoisotopic (exact) mass is 466 g/mol. The first-order valence-corrected chi connectivity index (χ1v) is 11.4. The number of hydrogen-bond donors (Lipinski definition) is 2. The molecule has 3 aromatic heterocycles. The number of carbonyl (C=O) groups excluding carboxylic acids is 2. The highest BCUT2D eigenvalue weighted by atomic mass is 32.1. The summed E-state index contributed by atoms with van der Waals surface area (Å²) in [4.78, 5) is 28.8. The molecule has 0 aliphatic rings. The summed E-state index contributed by atoms with van der Waals surface area (Å²) in [5.41, 5.74) is 1.14. The fraction of sp³-hybridized carbons (Fsp3) is 0.333. The molecule has 0 unspecified atom stereocenters. The number of carbonyl (C=O) groups is 2. The molecule has 2 N–H and O–H groups in total. The Labute approximate surface area is 186 Å². The molecule has 0 aliphatic carbocycles. The van der Waals surface area contributed by atoms with Gasteiger partial charge in [0, 0.05) is 19.5 Å². The molecule has 0 aromatic carbocycles. The van der Waals surface area contributed by atoms with Gasteiger partial charge in [-0.1, -0.05) is 0 Å². The minimum absolute atomic E-state index is 0.119. The molecule has 0 spiro atoms. The summed E-state index contributed by atoms with van der Waals surface area (Å²) in [5, 5.41) is 21.9. The molecule has 0 aliphatic heterocycles. The molecule has 3 heterocycles. The second kappa shape index (κ2) is 8.41. The molecule has 30 heavy (non-hydrogen) atoms. The van der Waals surface area contributed by atoms with Gasteiger partial charge in [-0.25, -0.2) is 9.59 Å². The van der Waals surface area contributed by atoms with Crippen LogP contribution in [0.5, 0.6) is 11.5 Å². The van der Waals surface area contributed by atoms with Gasteiger partial charge in [-0.15, -0.1) is 34.0 Å². The van der Waals surface area contributed by atoms with Gasteiger partial charge in [-0.05, 0) is 39.3 Å². The van der Waals surface area contributed by atoms with Gasteiger partial charge < -0.3 is 19.7 Å². The van der Waals surface area contributed by atoms with E-state index in [4.69, 9.17) is 9.47 Å². The average molecular weight is 467 g/mol. The van der Waals surface area contributed by atoms with E-state index in [9.17, 15) is 19.8 Å². The van der Waals surface area contributed by atoms with Crippen molar-refractivity contribution in [2.24, 2.45) is 0 Å². The minimum atomic E-state index is -0.619. The molecule has 0 saturated carbocycles. The van der Waals surface area contributed by atoms with Crippen molar-refractivity contribution in [2.45, 2.75) is 33.6 Å². The first-order chi connectivity index (χ1) is 14.1. The van der Waals surface area contributed by atoms with Crippen molar-refractivity contribution in [1.82, 2.24) is 0 Å². The van der Waals surface area contributed by atoms with Crippen LogP contribution >= 0.6 is 34.0 Å². The van der Waals surface area contributed by atoms with E-state index in [1.54, 1.807) is 25.2 Å². The van der Waals surface area contributed by atoms with E-state index in [1.807, 2.05) is 19.9 Å². The number of methoxy groups -OCH3 is 2. The Bertz CT molecular complexity index is 1070. The summed E-state index contributed by atoms with van der Waals surface area (Å²) in [6.45, 7) is 7.43. The summed E-state index contributed by atoms with van der Waals surface area (Å²) in [5.74, 6) is -2.11. The lowest BCUT2D eigenvalue weighted by Gasteiger charge is -2.16.